The highest BCUT2D eigenvalue weighted by atomic mass is 19.1. The van der Waals surface area contributed by atoms with E-state index in [-0.39, 0.29) is 22.8 Å². The van der Waals surface area contributed by atoms with Crippen LogP contribution in [-0.2, 0) is 14.3 Å². The van der Waals surface area contributed by atoms with Crippen molar-refractivity contribution in [1.82, 2.24) is 4.98 Å². The first-order chi connectivity index (χ1) is 16.7. The van der Waals surface area contributed by atoms with Crippen molar-refractivity contribution in [2.45, 2.75) is 32.9 Å². The monoisotopic (exact) mass is 474 g/mol. The van der Waals surface area contributed by atoms with Gasteiger partial charge in [0.15, 0.2) is 0 Å². The van der Waals surface area contributed by atoms with E-state index in [1.165, 1.54) is 60.5 Å². The van der Waals surface area contributed by atoms with Crippen molar-refractivity contribution < 1.29 is 28.6 Å². The smallest absolute Gasteiger partial charge is 0.338 e. The number of ether oxygens (including phenoxy) is 1. The molecule has 8 heteroatoms. The molecule has 0 bridgehead atoms. The number of hydrogen-bond acceptors (Lipinski definition) is 6. The molecule has 35 heavy (non-hydrogen) atoms. The first-order valence-corrected chi connectivity index (χ1v) is 11.0. The first kappa shape index (κ1) is 23.8. The molecule has 3 aromatic rings. The molecule has 0 spiro atoms. The van der Waals surface area contributed by atoms with E-state index in [1.807, 2.05) is 0 Å². The Bertz CT molecular complexity index is 1330. The van der Waals surface area contributed by atoms with Crippen molar-refractivity contribution in [1.29, 1.82) is 0 Å². The summed E-state index contributed by atoms with van der Waals surface area (Å²) in [6.07, 6.45) is 2.76. The number of Topliss-reactive ketones (excluding diaryl/α,β-unsaturated/α-hetero) is 1. The lowest BCUT2D eigenvalue weighted by molar-refractivity contribution is -0.132. The van der Waals surface area contributed by atoms with Crippen molar-refractivity contribution in [3.05, 3.63) is 101 Å². The molecule has 0 aliphatic carbocycles. The van der Waals surface area contributed by atoms with E-state index in [1.54, 1.807) is 32.2 Å². The Morgan fingerprint density at radius 3 is 2.37 bits per heavy atom. The van der Waals surface area contributed by atoms with Gasteiger partial charge < -0.3 is 9.84 Å². The Kier molecular flexibility index (Phi) is 6.46. The first-order valence-electron chi connectivity index (χ1n) is 11.0. The summed E-state index contributed by atoms with van der Waals surface area (Å²) in [5, 5.41) is 11.1. The zero-order valence-corrected chi connectivity index (χ0v) is 19.4. The highest BCUT2D eigenvalue weighted by molar-refractivity contribution is 6.51. The molecule has 1 atom stereocenters. The second-order valence-corrected chi connectivity index (χ2v) is 8.42. The fourth-order valence-corrected chi connectivity index (χ4v) is 3.94. The number of nitrogens with zero attached hydrogens (tertiary/aromatic N) is 2. The van der Waals surface area contributed by atoms with Crippen LogP contribution in [0.2, 0.25) is 0 Å². The number of hydrogen-bond donors (Lipinski definition) is 1. The fourth-order valence-electron chi connectivity index (χ4n) is 3.94. The van der Waals surface area contributed by atoms with Crippen molar-refractivity contribution in [3.8, 4) is 0 Å². The molecule has 1 fully saturated rings. The second kappa shape index (κ2) is 9.50. The minimum atomic E-state index is -0.984. The standard InChI is InChI=1S/C27H23FN2O5/c1-15(2)35-27(34)17-6-9-20(10-7-17)30-23(19-5-4-12-29-14-19)22(25(32)26(30)33)24(31)18-8-11-21(28)16(3)13-18/h4-15,23,31H,1-3H3/b24-22-. The van der Waals surface area contributed by atoms with Crippen LogP contribution in [0.25, 0.3) is 5.76 Å². The number of aliphatic hydroxyl groups is 1. The predicted molar refractivity (Wildman–Crippen MR) is 127 cm³/mol. The van der Waals surface area contributed by atoms with E-state index in [0.717, 1.165) is 0 Å². The Balaban J connectivity index is 1.83. The van der Waals surface area contributed by atoms with Gasteiger partial charge in [0.2, 0.25) is 0 Å². The van der Waals surface area contributed by atoms with E-state index in [9.17, 15) is 23.9 Å². The zero-order chi connectivity index (χ0) is 25.3. The molecule has 1 N–H and O–H groups in total. The summed E-state index contributed by atoms with van der Waals surface area (Å²) in [5.41, 5.74) is 1.48. The van der Waals surface area contributed by atoms with Gasteiger partial charge in [-0.25, -0.2) is 9.18 Å². The third-order valence-corrected chi connectivity index (χ3v) is 5.60. The molecule has 1 aliphatic rings. The molecule has 1 aliphatic heterocycles. The Labute approximate surface area is 201 Å². The van der Waals surface area contributed by atoms with Crippen molar-refractivity contribution >= 4 is 29.1 Å². The number of rotatable bonds is 5. The van der Waals surface area contributed by atoms with Crippen LogP contribution in [0.4, 0.5) is 10.1 Å². The number of aromatic nitrogens is 1. The molecule has 1 saturated heterocycles. The lowest BCUT2D eigenvalue weighted by Crippen LogP contribution is -2.29. The van der Waals surface area contributed by atoms with E-state index < -0.39 is 35.3 Å². The normalized spacial score (nSPS) is 17.2. The number of carbonyl (C=O) groups is 3. The number of aryl methyl sites for hydroxylation is 1. The number of esters is 1. The largest absolute Gasteiger partial charge is 0.507 e. The summed E-state index contributed by atoms with van der Waals surface area (Å²) in [7, 11) is 0. The number of amides is 1. The van der Waals surface area contributed by atoms with Gasteiger partial charge in [0.25, 0.3) is 11.7 Å². The number of anilines is 1. The van der Waals surface area contributed by atoms with Gasteiger partial charge in [0.1, 0.15) is 11.6 Å². The van der Waals surface area contributed by atoms with E-state index in [2.05, 4.69) is 4.98 Å². The SMILES string of the molecule is Cc1cc(/C(O)=C2/C(=O)C(=O)N(c3ccc(C(=O)OC(C)C)cc3)C2c2cccnc2)ccc1F. The second-order valence-electron chi connectivity index (χ2n) is 8.42. The van der Waals surface area contributed by atoms with Crippen molar-refractivity contribution in [3.63, 3.8) is 0 Å². The predicted octanol–water partition coefficient (Wildman–Crippen LogP) is 4.72. The lowest BCUT2D eigenvalue weighted by atomic mass is 9.95. The van der Waals surface area contributed by atoms with Crippen molar-refractivity contribution in [2.75, 3.05) is 4.90 Å². The summed E-state index contributed by atoms with van der Waals surface area (Å²) < 4.78 is 19.0. The van der Waals surface area contributed by atoms with E-state index >= 15 is 0 Å². The molecular formula is C27H23FN2O5. The van der Waals surface area contributed by atoms with Gasteiger partial charge in [-0.1, -0.05) is 6.07 Å². The summed E-state index contributed by atoms with van der Waals surface area (Å²) in [6.45, 7) is 5.01. The molecule has 2 aromatic carbocycles. The summed E-state index contributed by atoms with van der Waals surface area (Å²) in [4.78, 5) is 43.9. The Morgan fingerprint density at radius 1 is 1.09 bits per heavy atom. The summed E-state index contributed by atoms with van der Waals surface area (Å²) in [5.74, 6) is -3.12. The van der Waals surface area contributed by atoms with E-state index in [0.29, 0.717) is 16.8 Å². The molecule has 1 unspecified atom stereocenters. The number of pyridine rings is 1. The average molecular weight is 474 g/mol. The van der Waals surface area contributed by atoms with Crippen LogP contribution in [0.15, 0.2) is 72.6 Å². The van der Waals surface area contributed by atoms with Crippen LogP contribution in [0.5, 0.6) is 0 Å². The third-order valence-electron chi connectivity index (χ3n) is 5.60. The Morgan fingerprint density at radius 2 is 1.77 bits per heavy atom. The van der Waals surface area contributed by atoms with Gasteiger partial charge in [-0.2, -0.15) is 0 Å². The number of halogens is 1. The zero-order valence-electron chi connectivity index (χ0n) is 19.4. The molecule has 1 aromatic heterocycles. The van der Waals surface area contributed by atoms with Crippen LogP contribution < -0.4 is 4.90 Å². The van der Waals surface area contributed by atoms with Gasteiger partial charge in [-0.3, -0.25) is 19.5 Å². The van der Waals surface area contributed by atoms with Gasteiger partial charge >= 0.3 is 5.97 Å². The summed E-state index contributed by atoms with van der Waals surface area (Å²) in [6, 6.07) is 12.4. The quantitative estimate of drug-likeness (QED) is 0.249. The van der Waals surface area contributed by atoms with Gasteiger partial charge in [-0.05, 0) is 80.4 Å². The fraction of sp³-hybridized carbons (Fsp3) is 0.185. The van der Waals surface area contributed by atoms with E-state index in [4.69, 9.17) is 4.74 Å². The minimum absolute atomic E-state index is 0.141. The lowest BCUT2D eigenvalue weighted by Gasteiger charge is -2.25. The number of aliphatic hydroxyl groups excluding tert-OH is 1. The molecule has 2 heterocycles. The maximum Gasteiger partial charge on any atom is 0.338 e. The van der Waals surface area contributed by atoms with Crippen molar-refractivity contribution in [2.24, 2.45) is 0 Å². The molecule has 178 valence electrons. The third kappa shape index (κ3) is 4.55. The van der Waals surface area contributed by atoms with Gasteiger partial charge in [-0.15, -0.1) is 0 Å². The number of carbonyl (C=O) groups excluding carboxylic acids is 3. The molecule has 7 nitrogen and oxygen atoms in total. The molecule has 0 radical (unpaired) electrons. The van der Waals surface area contributed by atoms with Gasteiger partial charge in [0, 0.05) is 23.6 Å². The highest BCUT2D eigenvalue weighted by Gasteiger charge is 2.47. The average Bonchev–Trinajstić information content (AvgIpc) is 3.11. The molecular weight excluding hydrogens is 451 g/mol. The molecule has 4 rings (SSSR count). The number of benzene rings is 2. The number of ketones is 1. The topological polar surface area (TPSA) is 96.8 Å². The van der Waals surface area contributed by atoms with Crippen LogP contribution in [0, 0.1) is 12.7 Å². The maximum atomic E-state index is 13.8. The van der Waals surface area contributed by atoms with Crippen LogP contribution in [0.3, 0.4) is 0 Å². The summed E-state index contributed by atoms with van der Waals surface area (Å²) >= 11 is 0. The molecule has 1 amide bonds. The van der Waals surface area contributed by atoms with Crippen LogP contribution >= 0.6 is 0 Å². The maximum absolute atomic E-state index is 13.8. The van der Waals surface area contributed by atoms with Crippen LogP contribution in [-0.4, -0.2) is 33.9 Å². The Hall–Kier alpha value is -4.33. The molecule has 0 saturated carbocycles. The van der Waals surface area contributed by atoms with Crippen LogP contribution in [0.1, 0.15) is 46.9 Å². The highest BCUT2D eigenvalue weighted by Crippen LogP contribution is 2.42. The minimum Gasteiger partial charge on any atom is -0.507 e. The van der Waals surface area contributed by atoms with Gasteiger partial charge in [0.05, 0.1) is 23.3 Å².